The molecule has 0 saturated heterocycles. The average Bonchev–Trinajstić information content (AvgIpc) is 3.25. The van der Waals surface area contributed by atoms with Crippen LogP contribution in [0, 0.1) is 24.1 Å². The van der Waals surface area contributed by atoms with Crippen LogP contribution >= 0.6 is 23.1 Å². The molecular formula is C19H16FN3O2S2. The Kier molecular flexibility index (Phi) is 6.27. The monoisotopic (exact) mass is 401 g/mol. The van der Waals surface area contributed by atoms with Crippen molar-refractivity contribution in [2.75, 3.05) is 11.1 Å². The molecule has 3 aromatic rings. The van der Waals surface area contributed by atoms with E-state index in [9.17, 15) is 9.18 Å². The molecule has 27 heavy (non-hydrogen) atoms. The number of rotatable bonds is 7. The third kappa shape index (κ3) is 4.96. The number of thioether (sulfide) groups is 1. The number of hydrogen-bond donors (Lipinski definition) is 1. The molecule has 0 aliphatic carbocycles. The molecule has 0 atom stereocenters. The number of furan rings is 1. The number of anilines is 1. The number of amides is 1. The molecule has 3 rings (SSSR count). The van der Waals surface area contributed by atoms with Gasteiger partial charge in [-0.05, 0) is 31.2 Å². The molecule has 0 bridgehead atoms. The minimum absolute atomic E-state index is 0.176. The van der Waals surface area contributed by atoms with Crippen molar-refractivity contribution in [1.82, 2.24) is 4.98 Å². The van der Waals surface area contributed by atoms with Crippen molar-refractivity contribution in [2.45, 2.75) is 24.0 Å². The van der Waals surface area contributed by atoms with Gasteiger partial charge < -0.3 is 9.73 Å². The van der Waals surface area contributed by atoms with Gasteiger partial charge in [-0.1, -0.05) is 35.2 Å². The summed E-state index contributed by atoms with van der Waals surface area (Å²) in [6.07, 6.45) is 0.629. The van der Waals surface area contributed by atoms with Gasteiger partial charge in [0.2, 0.25) is 5.91 Å². The maximum Gasteiger partial charge on any atom is 0.226 e. The minimum atomic E-state index is -0.347. The van der Waals surface area contributed by atoms with Gasteiger partial charge in [-0.15, -0.1) is 0 Å². The zero-order valence-corrected chi connectivity index (χ0v) is 16.1. The summed E-state index contributed by atoms with van der Waals surface area (Å²) in [4.78, 5) is 16.4. The van der Waals surface area contributed by atoms with Crippen LogP contribution in [0.2, 0.25) is 0 Å². The van der Waals surface area contributed by atoms with Gasteiger partial charge in [0.25, 0.3) is 0 Å². The fourth-order valence-corrected chi connectivity index (χ4v) is 4.22. The van der Waals surface area contributed by atoms with E-state index in [0.717, 1.165) is 9.90 Å². The van der Waals surface area contributed by atoms with Gasteiger partial charge >= 0.3 is 0 Å². The highest BCUT2D eigenvalue weighted by Gasteiger charge is 2.13. The SMILES string of the molecule is Cc1nc(NC(=O)CCc2ccc(-c3ccccc3F)o2)sc1SCC#N. The molecule has 0 saturated carbocycles. The number of hydrogen-bond acceptors (Lipinski definition) is 6. The van der Waals surface area contributed by atoms with Crippen molar-refractivity contribution in [3.8, 4) is 17.4 Å². The first-order chi connectivity index (χ1) is 13.1. The molecule has 138 valence electrons. The zero-order chi connectivity index (χ0) is 19.2. The second-order valence-corrected chi connectivity index (χ2v) is 7.88. The van der Waals surface area contributed by atoms with E-state index in [4.69, 9.17) is 9.68 Å². The lowest BCUT2D eigenvalue weighted by molar-refractivity contribution is -0.116. The summed E-state index contributed by atoms with van der Waals surface area (Å²) in [7, 11) is 0. The second-order valence-electron chi connectivity index (χ2n) is 5.63. The Morgan fingerprint density at radius 2 is 2.19 bits per heavy atom. The van der Waals surface area contributed by atoms with Crippen LogP contribution in [0.4, 0.5) is 9.52 Å². The number of nitriles is 1. The normalized spacial score (nSPS) is 10.6. The van der Waals surface area contributed by atoms with Gasteiger partial charge in [0.1, 0.15) is 17.3 Å². The van der Waals surface area contributed by atoms with Crippen molar-refractivity contribution >= 4 is 34.1 Å². The minimum Gasteiger partial charge on any atom is -0.461 e. The molecule has 0 spiro atoms. The number of carbonyl (C=O) groups is 1. The first-order valence-electron chi connectivity index (χ1n) is 8.17. The van der Waals surface area contributed by atoms with E-state index in [1.165, 1.54) is 29.2 Å². The third-order valence-electron chi connectivity index (χ3n) is 3.67. The fourth-order valence-electron chi connectivity index (χ4n) is 2.40. The third-order valence-corrected chi connectivity index (χ3v) is 5.97. The van der Waals surface area contributed by atoms with Crippen LogP contribution in [0.15, 0.2) is 45.0 Å². The predicted octanol–water partition coefficient (Wildman–Crippen LogP) is 5.04. The molecule has 5 nitrogen and oxygen atoms in total. The van der Waals surface area contributed by atoms with Gasteiger partial charge in [0.15, 0.2) is 5.13 Å². The van der Waals surface area contributed by atoms with Gasteiger partial charge in [0, 0.05) is 12.8 Å². The maximum absolute atomic E-state index is 13.8. The standard InChI is InChI=1S/C19H16FN3O2S2/c1-12-18(26-11-10-21)27-19(22-12)23-17(24)9-7-13-6-8-16(25-13)14-4-2-3-5-15(14)20/h2-6,8H,7,9,11H2,1H3,(H,22,23,24). The summed E-state index contributed by atoms with van der Waals surface area (Å²) in [5.74, 6) is 0.881. The summed E-state index contributed by atoms with van der Waals surface area (Å²) < 4.78 is 20.4. The Labute approximate surface area is 164 Å². The largest absolute Gasteiger partial charge is 0.461 e. The number of thiazole rings is 1. The number of aryl methyl sites for hydroxylation is 2. The van der Waals surface area contributed by atoms with Crippen LogP contribution in [0.25, 0.3) is 11.3 Å². The van der Waals surface area contributed by atoms with Crippen LogP contribution in [0.5, 0.6) is 0 Å². The molecule has 2 heterocycles. The number of benzene rings is 1. The Balaban J connectivity index is 1.56. The number of aromatic nitrogens is 1. The lowest BCUT2D eigenvalue weighted by Gasteiger charge is -2.01. The smallest absolute Gasteiger partial charge is 0.226 e. The fraction of sp³-hybridized carbons (Fsp3) is 0.211. The Hall–Kier alpha value is -2.63. The van der Waals surface area contributed by atoms with Crippen molar-refractivity contribution in [1.29, 1.82) is 5.26 Å². The van der Waals surface area contributed by atoms with E-state index in [1.54, 1.807) is 30.3 Å². The molecule has 1 amide bonds. The van der Waals surface area contributed by atoms with Gasteiger partial charge in [-0.25, -0.2) is 9.37 Å². The predicted molar refractivity (Wildman–Crippen MR) is 104 cm³/mol. The van der Waals surface area contributed by atoms with Gasteiger partial charge in [-0.3, -0.25) is 4.79 Å². The summed E-state index contributed by atoms with van der Waals surface area (Å²) in [6.45, 7) is 1.85. The Bertz CT molecular complexity index is 991. The number of nitrogens with zero attached hydrogens (tertiary/aromatic N) is 2. The van der Waals surface area contributed by atoms with E-state index in [-0.39, 0.29) is 18.1 Å². The summed E-state index contributed by atoms with van der Waals surface area (Å²) in [5.41, 5.74) is 1.20. The van der Waals surface area contributed by atoms with Crippen molar-refractivity contribution in [3.05, 3.63) is 53.7 Å². The highest BCUT2D eigenvalue weighted by Crippen LogP contribution is 2.32. The first-order valence-corrected chi connectivity index (χ1v) is 9.97. The number of halogens is 1. The molecule has 0 aliphatic rings. The molecule has 1 N–H and O–H groups in total. The van der Waals surface area contributed by atoms with Crippen LogP contribution < -0.4 is 5.32 Å². The van der Waals surface area contributed by atoms with Crippen molar-refractivity contribution in [2.24, 2.45) is 0 Å². The summed E-state index contributed by atoms with van der Waals surface area (Å²) >= 11 is 2.76. The maximum atomic E-state index is 13.8. The van der Waals surface area contributed by atoms with Gasteiger partial charge in [-0.2, -0.15) is 5.26 Å². The van der Waals surface area contributed by atoms with Crippen molar-refractivity contribution < 1.29 is 13.6 Å². The highest BCUT2D eigenvalue weighted by atomic mass is 32.2. The molecule has 0 aliphatic heterocycles. The van der Waals surface area contributed by atoms with Crippen LogP contribution in [-0.4, -0.2) is 16.6 Å². The lowest BCUT2D eigenvalue weighted by atomic mass is 10.1. The Morgan fingerprint density at radius 3 is 2.96 bits per heavy atom. The average molecular weight is 401 g/mol. The number of nitrogens with one attached hydrogen (secondary N) is 1. The molecule has 0 fully saturated rings. The quantitative estimate of drug-likeness (QED) is 0.561. The van der Waals surface area contributed by atoms with E-state index in [1.807, 2.05) is 6.92 Å². The molecule has 0 unspecified atom stereocenters. The van der Waals surface area contributed by atoms with Gasteiger partial charge in [0.05, 0.1) is 27.3 Å². The molecular weight excluding hydrogens is 385 g/mol. The Morgan fingerprint density at radius 1 is 1.37 bits per heavy atom. The van der Waals surface area contributed by atoms with Crippen molar-refractivity contribution in [3.63, 3.8) is 0 Å². The summed E-state index contributed by atoms with van der Waals surface area (Å²) in [6, 6.07) is 11.9. The topological polar surface area (TPSA) is 78.9 Å². The molecule has 2 aromatic heterocycles. The second kappa shape index (κ2) is 8.84. The molecule has 0 radical (unpaired) electrons. The first kappa shape index (κ1) is 19.1. The zero-order valence-electron chi connectivity index (χ0n) is 14.5. The molecule has 8 heteroatoms. The van der Waals surface area contributed by atoms with Crippen LogP contribution in [-0.2, 0) is 11.2 Å². The van der Waals surface area contributed by atoms with E-state index in [2.05, 4.69) is 16.4 Å². The van der Waals surface area contributed by atoms with Crippen LogP contribution in [0.1, 0.15) is 17.9 Å². The number of carbonyl (C=O) groups excluding carboxylic acids is 1. The highest BCUT2D eigenvalue weighted by molar-refractivity contribution is 8.01. The van der Waals surface area contributed by atoms with E-state index in [0.29, 0.717) is 34.4 Å². The lowest BCUT2D eigenvalue weighted by Crippen LogP contribution is -2.11. The van der Waals surface area contributed by atoms with E-state index >= 15 is 0 Å². The molecule has 1 aromatic carbocycles. The summed E-state index contributed by atoms with van der Waals surface area (Å²) in [5, 5.41) is 11.9. The van der Waals surface area contributed by atoms with E-state index < -0.39 is 0 Å². The van der Waals surface area contributed by atoms with Crippen LogP contribution in [0.3, 0.4) is 0 Å².